The molecular weight excluding hydrogens is 281 g/mol. The van der Waals surface area contributed by atoms with Crippen LogP contribution in [0, 0.1) is 5.82 Å². The molecule has 0 bridgehead atoms. The first-order valence-electron chi connectivity index (χ1n) is 5.92. The Morgan fingerprint density at radius 1 is 1.25 bits per heavy atom. The first-order chi connectivity index (χ1) is 9.58. The number of aromatic nitrogens is 2. The summed E-state index contributed by atoms with van der Waals surface area (Å²) in [6.45, 7) is -0.275. The lowest BCUT2D eigenvalue weighted by Crippen LogP contribution is -2.01. The molecule has 0 fully saturated rings. The Kier molecular flexibility index (Phi) is 3.08. The molecule has 0 atom stereocenters. The van der Waals surface area contributed by atoms with E-state index in [0.717, 1.165) is 5.52 Å². The van der Waals surface area contributed by atoms with Crippen molar-refractivity contribution < 1.29 is 9.50 Å². The number of benzene rings is 2. The maximum absolute atomic E-state index is 13.5. The third kappa shape index (κ3) is 2.11. The van der Waals surface area contributed by atoms with Crippen LogP contribution >= 0.6 is 11.6 Å². The number of nitrogen functional groups attached to an aromatic ring is 1. The van der Waals surface area contributed by atoms with E-state index in [9.17, 15) is 9.50 Å². The zero-order chi connectivity index (χ0) is 14.3. The molecule has 0 unspecified atom stereocenters. The summed E-state index contributed by atoms with van der Waals surface area (Å²) >= 11 is 5.88. The summed E-state index contributed by atoms with van der Waals surface area (Å²) in [5.74, 6) is -0.0547. The van der Waals surface area contributed by atoms with Crippen LogP contribution in [-0.4, -0.2) is 14.7 Å². The normalized spacial score (nSPS) is 11.2. The van der Waals surface area contributed by atoms with Crippen molar-refractivity contribution >= 4 is 28.3 Å². The molecule has 1 aromatic heterocycles. The SMILES string of the molecule is Nc1ccc2c(c1)nc(CO)n2-c1cc(F)cc(Cl)c1. The number of fused-ring (bicyclic) bond motifs is 1. The molecule has 2 aromatic carbocycles. The zero-order valence-electron chi connectivity index (χ0n) is 10.3. The molecule has 0 saturated heterocycles. The zero-order valence-corrected chi connectivity index (χ0v) is 11.1. The van der Waals surface area contributed by atoms with Gasteiger partial charge < -0.3 is 10.8 Å². The predicted octanol–water partition coefficient (Wildman–Crippen LogP) is 2.89. The fraction of sp³-hybridized carbons (Fsp3) is 0.0714. The lowest BCUT2D eigenvalue weighted by Gasteiger charge is -2.08. The van der Waals surface area contributed by atoms with E-state index in [-0.39, 0.29) is 11.6 Å². The molecule has 4 nitrogen and oxygen atoms in total. The van der Waals surface area contributed by atoms with Crippen LogP contribution in [0.1, 0.15) is 5.82 Å². The van der Waals surface area contributed by atoms with Gasteiger partial charge >= 0.3 is 0 Å². The maximum Gasteiger partial charge on any atom is 0.140 e. The number of halogens is 2. The number of anilines is 1. The molecule has 3 rings (SSSR count). The number of hydrogen-bond acceptors (Lipinski definition) is 3. The Hall–Kier alpha value is -2.11. The van der Waals surface area contributed by atoms with Crippen LogP contribution in [0.3, 0.4) is 0 Å². The van der Waals surface area contributed by atoms with Gasteiger partial charge in [0.15, 0.2) is 0 Å². The van der Waals surface area contributed by atoms with Gasteiger partial charge in [-0.05, 0) is 36.4 Å². The minimum atomic E-state index is -0.450. The average Bonchev–Trinajstić information content (AvgIpc) is 2.74. The number of hydrogen-bond donors (Lipinski definition) is 2. The highest BCUT2D eigenvalue weighted by molar-refractivity contribution is 6.30. The summed E-state index contributed by atoms with van der Waals surface area (Å²) in [4.78, 5) is 4.30. The molecule has 0 saturated carbocycles. The summed E-state index contributed by atoms with van der Waals surface area (Å²) in [5.41, 5.74) is 8.16. The summed E-state index contributed by atoms with van der Waals surface area (Å²) in [6, 6.07) is 9.37. The average molecular weight is 292 g/mol. The van der Waals surface area contributed by atoms with Crippen LogP contribution in [0.5, 0.6) is 0 Å². The van der Waals surface area contributed by atoms with Gasteiger partial charge in [0.25, 0.3) is 0 Å². The molecule has 0 spiro atoms. The van der Waals surface area contributed by atoms with Crippen LogP contribution in [0.2, 0.25) is 5.02 Å². The molecule has 3 N–H and O–H groups in total. The fourth-order valence-electron chi connectivity index (χ4n) is 2.21. The van der Waals surface area contributed by atoms with Crippen molar-refractivity contribution in [3.8, 4) is 5.69 Å². The summed E-state index contributed by atoms with van der Waals surface area (Å²) < 4.78 is 15.2. The van der Waals surface area contributed by atoms with Gasteiger partial charge in [-0.1, -0.05) is 11.6 Å². The molecule has 102 valence electrons. The third-order valence-corrected chi connectivity index (χ3v) is 3.21. The van der Waals surface area contributed by atoms with E-state index in [1.807, 2.05) is 0 Å². The lowest BCUT2D eigenvalue weighted by molar-refractivity contribution is 0.270. The second kappa shape index (κ2) is 4.77. The Bertz CT molecular complexity index is 780. The highest BCUT2D eigenvalue weighted by Crippen LogP contribution is 2.26. The number of nitrogens with zero attached hydrogens (tertiary/aromatic N) is 2. The van der Waals surface area contributed by atoms with Gasteiger partial charge in [0.05, 0.1) is 16.7 Å². The summed E-state index contributed by atoms with van der Waals surface area (Å²) in [6.07, 6.45) is 0. The van der Waals surface area contributed by atoms with Gasteiger partial charge in [-0.15, -0.1) is 0 Å². The lowest BCUT2D eigenvalue weighted by atomic mass is 10.2. The Morgan fingerprint density at radius 3 is 2.75 bits per heavy atom. The number of aliphatic hydroxyl groups is 1. The van der Waals surface area contributed by atoms with Crippen LogP contribution in [0.4, 0.5) is 10.1 Å². The smallest absolute Gasteiger partial charge is 0.140 e. The van der Waals surface area contributed by atoms with E-state index in [1.165, 1.54) is 12.1 Å². The molecule has 0 aliphatic heterocycles. The summed E-state index contributed by atoms with van der Waals surface area (Å²) in [5, 5.41) is 9.73. The largest absolute Gasteiger partial charge is 0.399 e. The van der Waals surface area contributed by atoms with Gasteiger partial charge in [-0.25, -0.2) is 9.37 Å². The van der Waals surface area contributed by atoms with Crippen molar-refractivity contribution in [1.29, 1.82) is 0 Å². The third-order valence-electron chi connectivity index (χ3n) is 2.99. The van der Waals surface area contributed by atoms with E-state index in [0.29, 0.717) is 22.7 Å². The Balaban J connectivity index is 2.33. The fourth-order valence-corrected chi connectivity index (χ4v) is 2.43. The van der Waals surface area contributed by atoms with Crippen molar-refractivity contribution in [3.63, 3.8) is 0 Å². The number of aliphatic hydroxyl groups excluding tert-OH is 1. The highest BCUT2D eigenvalue weighted by Gasteiger charge is 2.13. The van der Waals surface area contributed by atoms with Gasteiger partial charge in [-0.3, -0.25) is 4.57 Å². The Labute approximate surface area is 119 Å². The van der Waals surface area contributed by atoms with E-state index in [1.54, 1.807) is 28.8 Å². The van der Waals surface area contributed by atoms with Crippen molar-refractivity contribution in [2.24, 2.45) is 0 Å². The standard InChI is InChI=1S/C14H11ClFN3O/c15-8-3-9(16)5-11(4-8)19-13-2-1-10(17)6-12(13)18-14(19)7-20/h1-6,20H,7,17H2. The van der Waals surface area contributed by atoms with Gasteiger partial charge in [0.2, 0.25) is 0 Å². The molecule has 6 heteroatoms. The predicted molar refractivity (Wildman–Crippen MR) is 76.4 cm³/mol. The van der Waals surface area contributed by atoms with Crippen LogP contribution < -0.4 is 5.73 Å². The van der Waals surface area contributed by atoms with E-state index >= 15 is 0 Å². The molecule has 1 heterocycles. The van der Waals surface area contributed by atoms with E-state index < -0.39 is 5.82 Å². The highest BCUT2D eigenvalue weighted by atomic mass is 35.5. The van der Waals surface area contributed by atoms with E-state index in [2.05, 4.69) is 4.98 Å². The first kappa shape index (κ1) is 12.9. The molecule has 0 radical (unpaired) electrons. The minimum Gasteiger partial charge on any atom is -0.399 e. The topological polar surface area (TPSA) is 64.1 Å². The van der Waals surface area contributed by atoms with E-state index in [4.69, 9.17) is 17.3 Å². The van der Waals surface area contributed by atoms with Crippen LogP contribution in [0.15, 0.2) is 36.4 Å². The Morgan fingerprint density at radius 2 is 2.05 bits per heavy atom. The molecule has 3 aromatic rings. The second-order valence-electron chi connectivity index (χ2n) is 4.40. The minimum absolute atomic E-state index is 0.275. The van der Waals surface area contributed by atoms with Crippen molar-refractivity contribution in [2.45, 2.75) is 6.61 Å². The molecule has 20 heavy (non-hydrogen) atoms. The molecule has 0 aliphatic carbocycles. The van der Waals surface area contributed by atoms with Gasteiger partial charge in [0.1, 0.15) is 18.2 Å². The first-order valence-corrected chi connectivity index (χ1v) is 6.30. The number of imidazole rings is 1. The second-order valence-corrected chi connectivity index (χ2v) is 4.83. The molecule has 0 aliphatic rings. The maximum atomic E-state index is 13.5. The summed E-state index contributed by atoms with van der Waals surface area (Å²) in [7, 11) is 0. The van der Waals surface area contributed by atoms with Gasteiger partial charge in [0, 0.05) is 10.7 Å². The van der Waals surface area contributed by atoms with Crippen molar-refractivity contribution in [2.75, 3.05) is 5.73 Å². The van der Waals surface area contributed by atoms with Crippen molar-refractivity contribution in [1.82, 2.24) is 9.55 Å². The van der Waals surface area contributed by atoms with Crippen LogP contribution in [-0.2, 0) is 6.61 Å². The number of nitrogens with two attached hydrogens (primary N) is 1. The number of rotatable bonds is 2. The van der Waals surface area contributed by atoms with Crippen LogP contribution in [0.25, 0.3) is 16.7 Å². The van der Waals surface area contributed by atoms with Gasteiger partial charge in [-0.2, -0.15) is 0 Å². The van der Waals surface area contributed by atoms with Crippen molar-refractivity contribution in [3.05, 3.63) is 53.1 Å². The molecule has 0 amide bonds. The quantitative estimate of drug-likeness (QED) is 0.714. The molecular formula is C14H11ClFN3O. The monoisotopic (exact) mass is 291 g/mol.